The molecule has 0 spiro atoms. The van der Waals surface area contributed by atoms with Gasteiger partial charge in [-0.1, -0.05) is 65.2 Å². The Hall–Kier alpha value is -1.31. The summed E-state index contributed by atoms with van der Waals surface area (Å²) in [7, 11) is 0. The molecule has 23 heavy (non-hydrogen) atoms. The molecule has 2 heteroatoms. The molecule has 0 unspecified atom stereocenters. The lowest BCUT2D eigenvalue weighted by molar-refractivity contribution is 0.444. The van der Waals surface area contributed by atoms with Gasteiger partial charge in [0.05, 0.1) is 6.54 Å². The van der Waals surface area contributed by atoms with Crippen LogP contribution in [0.2, 0.25) is 0 Å². The van der Waals surface area contributed by atoms with Crippen LogP contribution < -0.4 is 5.32 Å². The number of nitrogens with zero attached hydrogens (tertiary/aromatic N) is 1. The van der Waals surface area contributed by atoms with Gasteiger partial charge in [-0.3, -0.25) is 4.99 Å². The highest BCUT2D eigenvalue weighted by Crippen LogP contribution is 2.32. The van der Waals surface area contributed by atoms with Gasteiger partial charge in [-0.25, -0.2) is 0 Å². The van der Waals surface area contributed by atoms with Crippen LogP contribution in [0.5, 0.6) is 0 Å². The van der Waals surface area contributed by atoms with E-state index >= 15 is 0 Å². The Morgan fingerprint density at radius 1 is 1.04 bits per heavy atom. The van der Waals surface area contributed by atoms with Crippen LogP contribution in [-0.2, 0) is 0 Å². The third kappa shape index (κ3) is 5.37. The number of anilines is 1. The van der Waals surface area contributed by atoms with E-state index in [0.717, 1.165) is 19.0 Å². The van der Waals surface area contributed by atoms with Crippen LogP contribution >= 0.6 is 0 Å². The fourth-order valence-electron chi connectivity index (χ4n) is 3.51. The van der Waals surface area contributed by atoms with Crippen molar-refractivity contribution in [3.63, 3.8) is 0 Å². The number of para-hydroxylation sites is 1. The summed E-state index contributed by atoms with van der Waals surface area (Å²) in [6.07, 6.45) is 9.08. The van der Waals surface area contributed by atoms with Gasteiger partial charge in [0.25, 0.3) is 0 Å². The number of aliphatic imine (C=N–C) groups is 1. The zero-order valence-corrected chi connectivity index (χ0v) is 15.4. The van der Waals surface area contributed by atoms with Crippen molar-refractivity contribution in [2.45, 2.75) is 71.6 Å². The molecule has 0 amide bonds. The molecule has 1 aromatic rings. The Balaban J connectivity index is 1.92. The molecule has 0 heterocycles. The molecule has 1 N–H and O–H groups in total. The van der Waals surface area contributed by atoms with Crippen LogP contribution in [0, 0.1) is 5.92 Å². The Morgan fingerprint density at radius 3 is 2.22 bits per heavy atom. The Bertz CT molecular complexity index is 470. The molecular weight excluding hydrogens is 280 g/mol. The van der Waals surface area contributed by atoms with E-state index in [-0.39, 0.29) is 0 Å². The van der Waals surface area contributed by atoms with Gasteiger partial charge >= 0.3 is 0 Å². The molecule has 1 fully saturated rings. The summed E-state index contributed by atoms with van der Waals surface area (Å²) in [4.78, 5) is 4.67. The molecule has 128 valence electrons. The van der Waals surface area contributed by atoms with E-state index in [1.807, 2.05) is 0 Å². The number of rotatable bonds is 7. The molecule has 1 aliphatic carbocycles. The average molecular weight is 315 g/mol. The first-order chi connectivity index (χ1) is 11.1. The van der Waals surface area contributed by atoms with Crippen LogP contribution in [0.3, 0.4) is 0 Å². The van der Waals surface area contributed by atoms with Crippen molar-refractivity contribution >= 4 is 11.9 Å². The predicted octanol–water partition coefficient (Wildman–Crippen LogP) is 6.00. The highest BCUT2D eigenvalue weighted by Gasteiger charge is 2.13. The maximum Gasteiger partial charge on any atom is 0.0558 e. The second-order valence-electron chi connectivity index (χ2n) is 7.50. The van der Waals surface area contributed by atoms with E-state index in [2.05, 4.69) is 62.4 Å². The summed E-state index contributed by atoms with van der Waals surface area (Å²) in [6.45, 7) is 10.9. The predicted molar refractivity (Wildman–Crippen MR) is 103 cm³/mol. The summed E-state index contributed by atoms with van der Waals surface area (Å²) in [5.74, 6) is 1.82. The summed E-state index contributed by atoms with van der Waals surface area (Å²) < 4.78 is 0. The molecule has 2 nitrogen and oxygen atoms in total. The highest BCUT2D eigenvalue weighted by molar-refractivity contribution is 5.61. The third-order valence-corrected chi connectivity index (χ3v) is 4.88. The molecule has 1 saturated carbocycles. The largest absolute Gasteiger partial charge is 0.383 e. The molecule has 0 aliphatic heterocycles. The monoisotopic (exact) mass is 314 g/mol. The minimum absolute atomic E-state index is 0.543. The van der Waals surface area contributed by atoms with Crippen molar-refractivity contribution in [1.29, 1.82) is 0 Å². The fourth-order valence-corrected chi connectivity index (χ4v) is 3.51. The van der Waals surface area contributed by atoms with E-state index < -0.39 is 0 Å². The van der Waals surface area contributed by atoms with Gasteiger partial charge in [-0.05, 0) is 41.7 Å². The van der Waals surface area contributed by atoms with Gasteiger partial charge in [0.2, 0.25) is 0 Å². The number of hydrogen-bond acceptors (Lipinski definition) is 2. The van der Waals surface area contributed by atoms with Crippen LogP contribution in [0.25, 0.3) is 0 Å². The standard InChI is InChI=1S/C21H34N2/c1-16(2)19-11-8-12-20(17(3)4)21(19)23-14-13-22-15-18-9-6-5-7-10-18/h8,11-12,15-18,23H,5-7,9-10,13-14H2,1-4H3. The van der Waals surface area contributed by atoms with Crippen LogP contribution in [0.1, 0.15) is 82.8 Å². The van der Waals surface area contributed by atoms with Crippen molar-refractivity contribution in [1.82, 2.24) is 0 Å². The number of nitrogens with one attached hydrogen (secondary N) is 1. The van der Waals surface area contributed by atoms with Gasteiger partial charge in [-0.15, -0.1) is 0 Å². The average Bonchev–Trinajstić information content (AvgIpc) is 2.55. The van der Waals surface area contributed by atoms with Crippen molar-refractivity contribution in [2.24, 2.45) is 10.9 Å². The molecule has 0 bridgehead atoms. The first-order valence-electron chi connectivity index (χ1n) is 9.46. The lowest BCUT2D eigenvalue weighted by Crippen LogP contribution is -2.12. The second-order valence-corrected chi connectivity index (χ2v) is 7.50. The Kier molecular flexibility index (Phi) is 7.14. The van der Waals surface area contributed by atoms with E-state index in [9.17, 15) is 0 Å². The topological polar surface area (TPSA) is 24.4 Å². The molecular formula is C21H34N2. The summed E-state index contributed by atoms with van der Waals surface area (Å²) in [5, 5.41) is 3.67. The first-order valence-corrected chi connectivity index (χ1v) is 9.46. The van der Waals surface area contributed by atoms with E-state index in [4.69, 9.17) is 0 Å². The van der Waals surface area contributed by atoms with E-state index in [1.54, 1.807) is 0 Å². The maximum atomic E-state index is 4.67. The van der Waals surface area contributed by atoms with Crippen molar-refractivity contribution in [3.05, 3.63) is 29.3 Å². The number of benzene rings is 1. The summed E-state index contributed by atoms with van der Waals surface area (Å²) in [6, 6.07) is 6.70. The summed E-state index contributed by atoms with van der Waals surface area (Å²) >= 11 is 0. The lowest BCUT2D eigenvalue weighted by Gasteiger charge is -2.20. The third-order valence-electron chi connectivity index (χ3n) is 4.88. The normalized spacial score (nSPS) is 16.6. The van der Waals surface area contributed by atoms with E-state index in [0.29, 0.717) is 11.8 Å². The summed E-state index contributed by atoms with van der Waals surface area (Å²) in [5.41, 5.74) is 4.19. The van der Waals surface area contributed by atoms with Gasteiger partial charge in [0, 0.05) is 18.4 Å². The quantitative estimate of drug-likeness (QED) is 0.484. The molecule has 0 radical (unpaired) electrons. The first kappa shape index (κ1) is 18.0. The molecule has 1 aromatic carbocycles. The van der Waals surface area contributed by atoms with Gasteiger partial charge in [0.1, 0.15) is 0 Å². The van der Waals surface area contributed by atoms with Crippen LogP contribution in [-0.4, -0.2) is 19.3 Å². The van der Waals surface area contributed by atoms with Gasteiger partial charge < -0.3 is 5.32 Å². The van der Waals surface area contributed by atoms with Crippen LogP contribution in [0.4, 0.5) is 5.69 Å². The molecule has 0 saturated heterocycles. The van der Waals surface area contributed by atoms with Crippen LogP contribution in [0.15, 0.2) is 23.2 Å². The SMILES string of the molecule is CC(C)c1cccc(C(C)C)c1NCCN=CC1CCCCC1. The fraction of sp³-hybridized carbons (Fsp3) is 0.667. The Morgan fingerprint density at radius 2 is 1.65 bits per heavy atom. The molecule has 0 atom stereocenters. The smallest absolute Gasteiger partial charge is 0.0558 e. The molecule has 2 rings (SSSR count). The number of hydrogen-bond donors (Lipinski definition) is 1. The minimum Gasteiger partial charge on any atom is -0.383 e. The second kappa shape index (κ2) is 9.10. The maximum absolute atomic E-state index is 4.67. The van der Waals surface area contributed by atoms with Gasteiger partial charge in [-0.2, -0.15) is 0 Å². The van der Waals surface area contributed by atoms with Crippen molar-refractivity contribution in [2.75, 3.05) is 18.4 Å². The minimum atomic E-state index is 0.543. The highest BCUT2D eigenvalue weighted by atomic mass is 14.9. The zero-order valence-electron chi connectivity index (χ0n) is 15.4. The van der Waals surface area contributed by atoms with Crippen molar-refractivity contribution < 1.29 is 0 Å². The molecule has 1 aliphatic rings. The zero-order chi connectivity index (χ0) is 16.7. The lowest BCUT2D eigenvalue weighted by atomic mass is 9.90. The molecule has 0 aromatic heterocycles. The Labute approximate surface area is 142 Å². The van der Waals surface area contributed by atoms with Gasteiger partial charge in [0.15, 0.2) is 0 Å². The van der Waals surface area contributed by atoms with Crippen molar-refractivity contribution in [3.8, 4) is 0 Å². The van der Waals surface area contributed by atoms with E-state index in [1.165, 1.54) is 48.9 Å².